The summed E-state index contributed by atoms with van der Waals surface area (Å²) in [7, 11) is 3.84. The van der Waals surface area contributed by atoms with Gasteiger partial charge in [0, 0.05) is 37.8 Å². The standard InChI is InChI=1S/C21H25ClF3N5O2.ClH/c1-12-26-18(11-19(27-12)30(2)3)28-14-5-7-15(8-6-14)29-20(31)13-4-9-17(16(22)10-13)32-21(23,24)25;/h4,9-11,14-15H,5-8H2,1-3H3,(H,29,31)(H,26,27,28);1H/t14-,15+;. The fourth-order valence-corrected chi connectivity index (χ4v) is 3.78. The third kappa shape index (κ3) is 7.82. The van der Waals surface area contributed by atoms with E-state index in [1.165, 1.54) is 12.1 Å². The van der Waals surface area contributed by atoms with Crippen LogP contribution < -0.4 is 20.3 Å². The summed E-state index contributed by atoms with van der Waals surface area (Å²) in [6.07, 6.45) is -1.65. The molecule has 2 aromatic rings. The normalized spacial score (nSPS) is 18.2. The lowest BCUT2D eigenvalue weighted by atomic mass is 9.91. The van der Waals surface area contributed by atoms with Gasteiger partial charge in [-0.3, -0.25) is 4.79 Å². The van der Waals surface area contributed by atoms with E-state index in [1.54, 1.807) is 0 Å². The predicted molar refractivity (Wildman–Crippen MR) is 124 cm³/mol. The minimum Gasteiger partial charge on any atom is -0.404 e. The molecule has 1 fully saturated rings. The molecule has 0 unspecified atom stereocenters. The number of aryl methyl sites for hydroxylation is 1. The third-order valence-electron chi connectivity index (χ3n) is 5.12. The molecule has 1 amide bonds. The largest absolute Gasteiger partial charge is 0.573 e. The van der Waals surface area contributed by atoms with E-state index in [4.69, 9.17) is 11.6 Å². The number of ether oxygens (including phenoxy) is 1. The van der Waals surface area contributed by atoms with Crippen molar-refractivity contribution in [1.82, 2.24) is 15.3 Å². The molecule has 12 heteroatoms. The quantitative estimate of drug-likeness (QED) is 0.574. The first-order chi connectivity index (χ1) is 15.0. The fraction of sp³-hybridized carbons (Fsp3) is 0.476. The zero-order chi connectivity index (χ0) is 23.5. The first-order valence-corrected chi connectivity index (χ1v) is 10.5. The molecule has 0 aliphatic heterocycles. The minimum absolute atomic E-state index is 0. The number of carbonyl (C=O) groups excluding carboxylic acids is 1. The second kappa shape index (κ2) is 11.1. The summed E-state index contributed by atoms with van der Waals surface area (Å²) in [4.78, 5) is 23.2. The summed E-state index contributed by atoms with van der Waals surface area (Å²) < 4.78 is 40.9. The van der Waals surface area contributed by atoms with Crippen LogP contribution in [0.1, 0.15) is 41.9 Å². The van der Waals surface area contributed by atoms with Gasteiger partial charge in [0.05, 0.1) is 5.02 Å². The van der Waals surface area contributed by atoms with E-state index >= 15 is 0 Å². The lowest BCUT2D eigenvalue weighted by Crippen LogP contribution is -2.40. The molecule has 0 saturated heterocycles. The van der Waals surface area contributed by atoms with Crippen LogP contribution in [0.25, 0.3) is 0 Å². The SMILES string of the molecule is Cc1nc(N[C@H]2CC[C@@H](NC(=O)c3ccc(OC(F)(F)F)c(Cl)c3)CC2)cc(N(C)C)n1.Cl. The molecule has 2 N–H and O–H groups in total. The van der Waals surface area contributed by atoms with Crippen molar-refractivity contribution in [2.75, 3.05) is 24.3 Å². The van der Waals surface area contributed by atoms with Crippen LogP contribution in [0.5, 0.6) is 5.75 Å². The number of benzene rings is 1. The monoisotopic (exact) mass is 507 g/mol. The van der Waals surface area contributed by atoms with E-state index in [-0.39, 0.29) is 41.0 Å². The number of rotatable bonds is 6. The Balaban J connectivity index is 0.00000385. The Bertz CT molecular complexity index is 967. The van der Waals surface area contributed by atoms with E-state index in [0.717, 1.165) is 43.4 Å². The topological polar surface area (TPSA) is 79.4 Å². The number of anilines is 2. The van der Waals surface area contributed by atoms with Crippen LogP contribution in [-0.4, -0.2) is 48.4 Å². The van der Waals surface area contributed by atoms with Gasteiger partial charge in [0.25, 0.3) is 5.91 Å². The molecule has 1 aliphatic carbocycles. The number of nitrogens with one attached hydrogen (secondary N) is 2. The van der Waals surface area contributed by atoms with Crippen molar-refractivity contribution in [3.05, 3.63) is 40.7 Å². The number of hydrogen-bond donors (Lipinski definition) is 2. The van der Waals surface area contributed by atoms with Crippen LogP contribution in [0.15, 0.2) is 24.3 Å². The van der Waals surface area contributed by atoms with Crippen molar-refractivity contribution in [2.24, 2.45) is 0 Å². The van der Waals surface area contributed by atoms with Crippen LogP contribution in [0.4, 0.5) is 24.8 Å². The van der Waals surface area contributed by atoms with E-state index in [1.807, 2.05) is 32.0 Å². The maximum atomic E-state index is 12.5. The highest BCUT2D eigenvalue weighted by Gasteiger charge is 2.32. The van der Waals surface area contributed by atoms with Crippen molar-refractivity contribution >= 4 is 41.6 Å². The highest BCUT2D eigenvalue weighted by Crippen LogP contribution is 2.31. The summed E-state index contributed by atoms with van der Waals surface area (Å²) >= 11 is 5.83. The molecule has 3 rings (SSSR count). The van der Waals surface area contributed by atoms with Crippen LogP contribution in [0, 0.1) is 6.92 Å². The molecule has 0 atom stereocenters. The fourth-order valence-electron chi connectivity index (χ4n) is 3.56. The molecule has 33 heavy (non-hydrogen) atoms. The number of amides is 1. The molecule has 1 aromatic heterocycles. The Morgan fingerprint density at radius 1 is 1.12 bits per heavy atom. The third-order valence-corrected chi connectivity index (χ3v) is 5.41. The number of alkyl halides is 3. The van der Waals surface area contributed by atoms with Gasteiger partial charge in [-0.2, -0.15) is 0 Å². The maximum Gasteiger partial charge on any atom is 0.573 e. The van der Waals surface area contributed by atoms with Crippen molar-refractivity contribution < 1.29 is 22.7 Å². The van der Waals surface area contributed by atoms with Crippen molar-refractivity contribution in [3.8, 4) is 5.75 Å². The Hall–Kier alpha value is -2.46. The molecule has 0 spiro atoms. The first kappa shape index (κ1) is 26.8. The predicted octanol–water partition coefficient (Wildman–Crippen LogP) is 4.98. The van der Waals surface area contributed by atoms with Gasteiger partial charge < -0.3 is 20.3 Å². The molecule has 0 bridgehead atoms. The van der Waals surface area contributed by atoms with E-state index in [9.17, 15) is 18.0 Å². The molecule has 1 aliphatic rings. The van der Waals surface area contributed by atoms with E-state index < -0.39 is 12.1 Å². The summed E-state index contributed by atoms with van der Waals surface area (Å²) in [6, 6.07) is 5.56. The lowest BCUT2D eigenvalue weighted by Gasteiger charge is -2.30. The van der Waals surface area contributed by atoms with E-state index in [0.29, 0.717) is 5.82 Å². The Labute approximate surface area is 201 Å². The van der Waals surface area contributed by atoms with Gasteiger partial charge in [-0.1, -0.05) is 11.6 Å². The summed E-state index contributed by atoms with van der Waals surface area (Å²) in [5.74, 6) is 1.35. The number of hydrogen-bond acceptors (Lipinski definition) is 6. The maximum absolute atomic E-state index is 12.5. The van der Waals surface area contributed by atoms with Gasteiger partial charge in [0.1, 0.15) is 23.2 Å². The highest BCUT2D eigenvalue weighted by molar-refractivity contribution is 6.32. The molecular formula is C21H26Cl2F3N5O2. The first-order valence-electron chi connectivity index (χ1n) is 10.2. The molecular weight excluding hydrogens is 482 g/mol. The second-order valence-corrected chi connectivity index (χ2v) is 8.32. The van der Waals surface area contributed by atoms with Crippen LogP contribution in [-0.2, 0) is 0 Å². The Kier molecular flexibility index (Phi) is 9.02. The van der Waals surface area contributed by atoms with Crippen LogP contribution in [0.3, 0.4) is 0 Å². The number of halogens is 5. The second-order valence-electron chi connectivity index (χ2n) is 7.91. The number of carbonyl (C=O) groups is 1. The summed E-state index contributed by atoms with van der Waals surface area (Å²) in [5, 5.41) is 6.09. The highest BCUT2D eigenvalue weighted by atomic mass is 35.5. The van der Waals surface area contributed by atoms with Gasteiger partial charge in [0.2, 0.25) is 0 Å². The van der Waals surface area contributed by atoms with Crippen LogP contribution >= 0.6 is 24.0 Å². The number of nitrogens with zero attached hydrogens (tertiary/aromatic N) is 3. The molecule has 1 heterocycles. The zero-order valence-electron chi connectivity index (χ0n) is 18.4. The van der Waals surface area contributed by atoms with Crippen molar-refractivity contribution in [2.45, 2.75) is 51.1 Å². The smallest absolute Gasteiger partial charge is 0.404 e. The molecule has 182 valence electrons. The van der Waals surface area contributed by atoms with Gasteiger partial charge in [-0.25, -0.2) is 9.97 Å². The van der Waals surface area contributed by atoms with Gasteiger partial charge in [0.15, 0.2) is 0 Å². The van der Waals surface area contributed by atoms with Gasteiger partial charge in [-0.05, 0) is 50.8 Å². The summed E-state index contributed by atoms with van der Waals surface area (Å²) in [6.45, 7) is 1.85. The Morgan fingerprint density at radius 3 is 2.33 bits per heavy atom. The van der Waals surface area contributed by atoms with Crippen LogP contribution in [0.2, 0.25) is 5.02 Å². The average Bonchev–Trinajstić information content (AvgIpc) is 2.69. The Morgan fingerprint density at radius 2 is 1.76 bits per heavy atom. The molecule has 1 saturated carbocycles. The molecule has 0 radical (unpaired) electrons. The molecule has 7 nitrogen and oxygen atoms in total. The van der Waals surface area contributed by atoms with Crippen molar-refractivity contribution in [3.63, 3.8) is 0 Å². The lowest BCUT2D eigenvalue weighted by molar-refractivity contribution is -0.274. The molecule has 1 aromatic carbocycles. The minimum atomic E-state index is -4.85. The summed E-state index contributed by atoms with van der Waals surface area (Å²) in [5.41, 5.74) is 0.178. The zero-order valence-corrected chi connectivity index (χ0v) is 19.9. The van der Waals surface area contributed by atoms with Gasteiger partial charge in [-0.15, -0.1) is 25.6 Å². The van der Waals surface area contributed by atoms with Gasteiger partial charge >= 0.3 is 6.36 Å². The van der Waals surface area contributed by atoms with E-state index in [2.05, 4.69) is 25.3 Å². The van der Waals surface area contributed by atoms with Crippen molar-refractivity contribution in [1.29, 1.82) is 0 Å². The number of aromatic nitrogens is 2. The average molecular weight is 508 g/mol.